The average Bonchev–Trinajstić information content (AvgIpc) is 3.31. The maximum absolute atomic E-state index is 13.1. The summed E-state index contributed by atoms with van der Waals surface area (Å²) in [5, 5.41) is 0.719. The highest BCUT2D eigenvalue weighted by Crippen LogP contribution is 2.32. The molecule has 28 heavy (non-hydrogen) atoms. The maximum atomic E-state index is 13.1. The molecule has 0 spiro atoms. The first-order chi connectivity index (χ1) is 13.5. The minimum absolute atomic E-state index is 0.0468. The van der Waals surface area contributed by atoms with Crippen LogP contribution in [-0.2, 0) is 0 Å². The van der Waals surface area contributed by atoms with Crippen molar-refractivity contribution in [1.82, 2.24) is 9.88 Å². The Morgan fingerprint density at radius 1 is 1.21 bits per heavy atom. The van der Waals surface area contributed by atoms with E-state index in [0.717, 1.165) is 16.5 Å². The normalized spacial score (nSPS) is 15.5. The van der Waals surface area contributed by atoms with Crippen molar-refractivity contribution in [3.8, 4) is 22.3 Å². The van der Waals surface area contributed by atoms with Crippen LogP contribution in [0.15, 0.2) is 40.8 Å². The highest BCUT2D eigenvalue weighted by molar-refractivity contribution is 7.17. The number of thiazole rings is 1. The van der Waals surface area contributed by atoms with Gasteiger partial charge in [0, 0.05) is 6.54 Å². The number of carbonyl (C=O) groups is 1. The lowest BCUT2D eigenvalue weighted by Gasteiger charge is -2.30. The van der Waals surface area contributed by atoms with Crippen LogP contribution in [0.1, 0.15) is 28.0 Å². The smallest absolute Gasteiger partial charge is 0.265 e. The molecule has 4 rings (SSSR count). The molecule has 3 aromatic rings. The Balaban J connectivity index is 1.50. The van der Waals surface area contributed by atoms with Crippen LogP contribution in [0, 0.1) is 13.8 Å². The van der Waals surface area contributed by atoms with Gasteiger partial charge in [0.2, 0.25) is 0 Å². The number of hydrogen-bond donors (Lipinski definition) is 0. The third-order valence-electron chi connectivity index (χ3n) is 4.60. The zero-order valence-electron chi connectivity index (χ0n) is 16.1. The van der Waals surface area contributed by atoms with Gasteiger partial charge in [0.15, 0.2) is 28.4 Å². The van der Waals surface area contributed by atoms with Gasteiger partial charge in [-0.05, 0) is 45.0 Å². The van der Waals surface area contributed by atoms with Crippen molar-refractivity contribution in [1.29, 1.82) is 0 Å². The van der Waals surface area contributed by atoms with Gasteiger partial charge < -0.3 is 18.8 Å². The number of hydrogen-bond acceptors (Lipinski definition) is 6. The summed E-state index contributed by atoms with van der Waals surface area (Å²) in [6, 6.07) is 11.4. The fraction of sp³-hybridized carbons (Fsp3) is 0.333. The molecule has 1 unspecified atom stereocenters. The lowest BCUT2D eigenvalue weighted by molar-refractivity contribution is 0.0477. The van der Waals surface area contributed by atoms with E-state index in [4.69, 9.17) is 13.9 Å². The summed E-state index contributed by atoms with van der Waals surface area (Å²) in [5.41, 5.74) is 0.712. The number of nitrogens with zero attached hydrogens (tertiary/aromatic N) is 2. The first-order valence-corrected chi connectivity index (χ1v) is 10.1. The Morgan fingerprint density at radius 3 is 2.71 bits per heavy atom. The van der Waals surface area contributed by atoms with E-state index in [9.17, 15) is 4.79 Å². The quantitative estimate of drug-likeness (QED) is 0.640. The number of rotatable bonds is 5. The van der Waals surface area contributed by atoms with Crippen molar-refractivity contribution in [3.63, 3.8) is 0 Å². The van der Waals surface area contributed by atoms with E-state index in [1.54, 1.807) is 4.90 Å². The van der Waals surface area contributed by atoms with E-state index in [-0.39, 0.29) is 12.0 Å². The Kier molecular flexibility index (Phi) is 5.09. The van der Waals surface area contributed by atoms with E-state index < -0.39 is 0 Å². The molecule has 1 amide bonds. The van der Waals surface area contributed by atoms with Gasteiger partial charge in [-0.25, -0.2) is 4.98 Å². The second-order valence-corrected chi connectivity index (χ2v) is 7.68. The molecule has 146 valence electrons. The molecular weight excluding hydrogens is 376 g/mol. The minimum Gasteiger partial charge on any atom is -0.486 e. The van der Waals surface area contributed by atoms with Crippen molar-refractivity contribution in [2.75, 3.05) is 19.7 Å². The van der Waals surface area contributed by atoms with Crippen molar-refractivity contribution in [3.05, 3.63) is 52.7 Å². The minimum atomic E-state index is -0.209. The summed E-state index contributed by atoms with van der Waals surface area (Å²) >= 11 is 1.36. The lowest BCUT2D eigenvalue weighted by Crippen LogP contribution is -2.43. The molecule has 1 atom stereocenters. The predicted octanol–water partition coefficient (Wildman–Crippen LogP) is 4.32. The first-order valence-electron chi connectivity index (χ1n) is 9.27. The van der Waals surface area contributed by atoms with Crippen LogP contribution in [0.25, 0.3) is 10.8 Å². The Hall–Kier alpha value is -2.80. The largest absolute Gasteiger partial charge is 0.486 e. The Morgan fingerprint density at radius 2 is 2.00 bits per heavy atom. The van der Waals surface area contributed by atoms with E-state index in [1.165, 1.54) is 11.3 Å². The molecule has 0 aliphatic carbocycles. The predicted molar refractivity (Wildman–Crippen MR) is 107 cm³/mol. The van der Waals surface area contributed by atoms with Gasteiger partial charge in [0.25, 0.3) is 5.91 Å². The molecule has 2 aromatic heterocycles. The summed E-state index contributed by atoms with van der Waals surface area (Å²) in [4.78, 5) is 20.1. The summed E-state index contributed by atoms with van der Waals surface area (Å²) in [6.07, 6.45) is -0.209. The highest BCUT2D eigenvalue weighted by Gasteiger charge is 2.27. The maximum Gasteiger partial charge on any atom is 0.265 e. The summed E-state index contributed by atoms with van der Waals surface area (Å²) in [7, 11) is 0. The second-order valence-electron chi connectivity index (χ2n) is 6.69. The van der Waals surface area contributed by atoms with E-state index >= 15 is 0 Å². The van der Waals surface area contributed by atoms with Gasteiger partial charge in [0.1, 0.15) is 17.2 Å². The SMILES string of the molecule is CCN(CC1COc2ccccc2O1)C(=O)c1sc(-c2ccc(C)o2)nc1C. The number of aryl methyl sites for hydroxylation is 2. The Labute approximate surface area is 167 Å². The van der Waals surface area contributed by atoms with Gasteiger partial charge >= 0.3 is 0 Å². The zero-order chi connectivity index (χ0) is 19.7. The molecule has 1 aromatic carbocycles. The van der Waals surface area contributed by atoms with Crippen molar-refractivity contribution in [2.24, 2.45) is 0 Å². The standard InChI is InChI=1S/C21H22N2O4S/c1-4-23(11-15-12-25-16-7-5-6-8-17(16)27-15)21(24)19-14(3)22-20(28-19)18-10-9-13(2)26-18/h5-10,15H,4,11-12H2,1-3H3. The van der Waals surface area contributed by atoms with E-state index in [1.807, 2.05) is 57.2 Å². The number of amides is 1. The molecule has 0 radical (unpaired) electrons. The van der Waals surface area contributed by atoms with Crippen LogP contribution in [0.4, 0.5) is 0 Å². The Bertz CT molecular complexity index is 994. The number of fused-ring (bicyclic) bond motifs is 1. The van der Waals surface area contributed by atoms with Crippen molar-refractivity contribution >= 4 is 17.2 Å². The summed E-state index contributed by atoms with van der Waals surface area (Å²) in [5.74, 6) is 2.92. The van der Waals surface area contributed by atoms with Crippen LogP contribution >= 0.6 is 11.3 Å². The third kappa shape index (κ3) is 3.62. The molecule has 0 N–H and O–H groups in total. The van der Waals surface area contributed by atoms with Crippen LogP contribution < -0.4 is 9.47 Å². The number of furan rings is 1. The second kappa shape index (κ2) is 7.67. The molecule has 1 aliphatic rings. The first kappa shape index (κ1) is 18.6. The zero-order valence-corrected chi connectivity index (χ0v) is 16.9. The monoisotopic (exact) mass is 398 g/mol. The molecule has 0 saturated heterocycles. The number of benzene rings is 1. The molecule has 1 aliphatic heterocycles. The molecule has 6 nitrogen and oxygen atoms in total. The van der Waals surface area contributed by atoms with E-state index in [2.05, 4.69) is 4.98 Å². The van der Waals surface area contributed by atoms with Crippen molar-refractivity contribution in [2.45, 2.75) is 26.9 Å². The molecular formula is C21H22N2O4S. The van der Waals surface area contributed by atoms with Crippen LogP contribution in [0.5, 0.6) is 11.5 Å². The van der Waals surface area contributed by atoms with Gasteiger partial charge in [-0.15, -0.1) is 11.3 Å². The molecule has 0 saturated carbocycles. The van der Waals surface area contributed by atoms with Gasteiger partial charge in [-0.2, -0.15) is 0 Å². The fourth-order valence-electron chi connectivity index (χ4n) is 3.15. The third-order valence-corrected chi connectivity index (χ3v) is 5.76. The van der Waals surface area contributed by atoms with Crippen LogP contribution in [0.2, 0.25) is 0 Å². The number of likely N-dealkylation sites (N-methyl/N-ethyl adjacent to an activating group) is 1. The van der Waals surface area contributed by atoms with Gasteiger partial charge in [-0.3, -0.25) is 4.79 Å². The summed E-state index contributed by atoms with van der Waals surface area (Å²) in [6.45, 7) is 7.15. The van der Waals surface area contributed by atoms with E-state index in [0.29, 0.717) is 41.8 Å². The van der Waals surface area contributed by atoms with Crippen LogP contribution in [-0.4, -0.2) is 41.6 Å². The number of carbonyl (C=O) groups excluding carboxylic acids is 1. The lowest BCUT2D eigenvalue weighted by atomic mass is 10.2. The fourth-order valence-corrected chi connectivity index (χ4v) is 4.14. The number of ether oxygens (including phenoxy) is 2. The highest BCUT2D eigenvalue weighted by atomic mass is 32.1. The molecule has 3 heterocycles. The molecule has 7 heteroatoms. The topological polar surface area (TPSA) is 64.8 Å². The van der Waals surface area contributed by atoms with Gasteiger partial charge in [-0.1, -0.05) is 12.1 Å². The molecule has 0 fully saturated rings. The van der Waals surface area contributed by atoms with Crippen LogP contribution in [0.3, 0.4) is 0 Å². The average molecular weight is 398 g/mol. The van der Waals surface area contributed by atoms with Crippen molar-refractivity contribution < 1.29 is 18.7 Å². The number of aromatic nitrogens is 1. The molecule has 0 bridgehead atoms. The number of para-hydroxylation sites is 2. The summed E-state index contributed by atoms with van der Waals surface area (Å²) < 4.78 is 17.4. The van der Waals surface area contributed by atoms with Gasteiger partial charge in [0.05, 0.1) is 12.2 Å².